The molecule has 2 aromatic rings. The molecule has 0 saturated heterocycles. The lowest BCUT2D eigenvalue weighted by Gasteiger charge is -1.96. The fourth-order valence-corrected chi connectivity index (χ4v) is 2.32. The largest absolute Gasteiger partial charge is 0.508 e. The molecule has 0 radical (unpaired) electrons. The van der Waals surface area contributed by atoms with Crippen molar-refractivity contribution in [3.8, 4) is 16.3 Å². The maximum absolute atomic E-state index is 9.40. The summed E-state index contributed by atoms with van der Waals surface area (Å²) in [5.41, 5.74) is 0.914. The lowest BCUT2D eigenvalue weighted by Crippen LogP contribution is -2.15. The lowest BCUT2D eigenvalue weighted by atomic mass is 10.2. The van der Waals surface area contributed by atoms with Crippen LogP contribution in [-0.2, 0) is 6.42 Å². The minimum Gasteiger partial charge on any atom is -0.508 e. The van der Waals surface area contributed by atoms with Crippen molar-refractivity contribution < 1.29 is 5.11 Å². The van der Waals surface area contributed by atoms with Crippen molar-refractivity contribution in [1.82, 2.24) is 15.5 Å². The second-order valence-electron chi connectivity index (χ2n) is 3.65. The van der Waals surface area contributed by atoms with Crippen molar-refractivity contribution in [2.24, 2.45) is 0 Å². The fraction of sp³-hybridized carbons (Fsp3) is 0.333. The van der Waals surface area contributed by atoms with Gasteiger partial charge in [0.1, 0.15) is 15.8 Å². The molecule has 0 bridgehead atoms. The summed E-state index contributed by atoms with van der Waals surface area (Å²) in [5, 5.41) is 22.8. The van der Waals surface area contributed by atoms with Gasteiger partial charge in [-0.15, -0.1) is 10.2 Å². The van der Waals surface area contributed by atoms with Crippen LogP contribution in [0.3, 0.4) is 0 Å². The van der Waals surface area contributed by atoms with Gasteiger partial charge in [0.2, 0.25) is 0 Å². The summed E-state index contributed by atoms with van der Waals surface area (Å²) in [6.45, 7) is 3.97. The number of phenols is 1. The van der Waals surface area contributed by atoms with Crippen LogP contribution >= 0.6 is 11.3 Å². The molecule has 1 heterocycles. The zero-order chi connectivity index (χ0) is 12.1. The summed E-state index contributed by atoms with van der Waals surface area (Å²) >= 11 is 1.57. The predicted octanol–water partition coefficient (Wildman–Crippen LogP) is 2.06. The van der Waals surface area contributed by atoms with Crippen LogP contribution in [0.4, 0.5) is 0 Å². The molecule has 0 amide bonds. The number of hydrogen-bond donors (Lipinski definition) is 2. The number of likely N-dealkylation sites (N-methyl/N-ethyl adjacent to an activating group) is 1. The van der Waals surface area contributed by atoms with Crippen LogP contribution in [0, 0.1) is 0 Å². The van der Waals surface area contributed by atoms with E-state index in [-0.39, 0.29) is 5.75 Å². The van der Waals surface area contributed by atoms with Crippen LogP contribution < -0.4 is 5.32 Å². The smallest absolute Gasteiger partial charge is 0.147 e. The molecule has 0 aliphatic carbocycles. The van der Waals surface area contributed by atoms with Crippen molar-refractivity contribution in [2.45, 2.75) is 13.3 Å². The zero-order valence-corrected chi connectivity index (χ0v) is 10.5. The van der Waals surface area contributed by atoms with Crippen LogP contribution in [0.1, 0.15) is 11.9 Å². The zero-order valence-electron chi connectivity index (χ0n) is 9.68. The van der Waals surface area contributed by atoms with Crippen molar-refractivity contribution in [1.29, 1.82) is 0 Å². The fourth-order valence-electron chi connectivity index (χ4n) is 1.48. The molecule has 0 atom stereocenters. The minimum absolute atomic E-state index is 0.256. The third kappa shape index (κ3) is 3.25. The molecular formula is C12H15N3OS. The monoisotopic (exact) mass is 249 g/mol. The number of rotatable bonds is 5. The van der Waals surface area contributed by atoms with Gasteiger partial charge in [-0.1, -0.05) is 30.4 Å². The first-order valence-corrected chi connectivity index (χ1v) is 6.43. The molecule has 0 spiro atoms. The van der Waals surface area contributed by atoms with Gasteiger partial charge in [-0.3, -0.25) is 0 Å². The maximum atomic E-state index is 9.40. The standard InChI is InChI=1S/C12H15N3OS/c1-2-13-7-6-11-14-15-12(17-11)9-4-3-5-10(16)8-9/h3-5,8,13,16H,2,6-7H2,1H3. The quantitative estimate of drug-likeness (QED) is 0.796. The van der Waals surface area contributed by atoms with Gasteiger partial charge in [-0.25, -0.2) is 0 Å². The summed E-state index contributed by atoms with van der Waals surface area (Å²) in [7, 11) is 0. The van der Waals surface area contributed by atoms with E-state index in [0.29, 0.717) is 0 Å². The van der Waals surface area contributed by atoms with Gasteiger partial charge in [0.25, 0.3) is 0 Å². The van der Waals surface area contributed by atoms with Crippen molar-refractivity contribution >= 4 is 11.3 Å². The number of phenolic OH excluding ortho intramolecular Hbond substituents is 1. The van der Waals surface area contributed by atoms with Gasteiger partial charge in [0.05, 0.1) is 0 Å². The molecule has 0 aliphatic heterocycles. The van der Waals surface area contributed by atoms with Gasteiger partial charge in [0.15, 0.2) is 0 Å². The third-order valence-electron chi connectivity index (χ3n) is 2.33. The van der Waals surface area contributed by atoms with E-state index in [1.807, 2.05) is 12.1 Å². The Morgan fingerprint density at radius 1 is 1.35 bits per heavy atom. The molecule has 4 nitrogen and oxygen atoms in total. The van der Waals surface area contributed by atoms with Crippen molar-refractivity contribution in [2.75, 3.05) is 13.1 Å². The maximum Gasteiger partial charge on any atom is 0.147 e. The Balaban J connectivity index is 2.07. The minimum atomic E-state index is 0.256. The first kappa shape index (κ1) is 12.0. The Morgan fingerprint density at radius 3 is 3.00 bits per heavy atom. The average molecular weight is 249 g/mol. The summed E-state index contributed by atoms with van der Waals surface area (Å²) in [6, 6.07) is 7.09. The average Bonchev–Trinajstić information content (AvgIpc) is 2.78. The van der Waals surface area contributed by atoms with Crippen LogP contribution in [0.25, 0.3) is 10.6 Å². The van der Waals surface area contributed by atoms with E-state index < -0.39 is 0 Å². The van der Waals surface area contributed by atoms with E-state index in [0.717, 1.165) is 35.1 Å². The summed E-state index contributed by atoms with van der Waals surface area (Å²) in [6.07, 6.45) is 0.893. The Morgan fingerprint density at radius 2 is 2.24 bits per heavy atom. The molecule has 0 fully saturated rings. The molecule has 0 saturated carbocycles. The van der Waals surface area contributed by atoms with Gasteiger partial charge in [-0.2, -0.15) is 0 Å². The van der Waals surface area contributed by atoms with E-state index in [1.54, 1.807) is 23.5 Å². The number of nitrogens with one attached hydrogen (secondary N) is 1. The number of aromatic hydroxyl groups is 1. The van der Waals surface area contributed by atoms with Crippen molar-refractivity contribution in [3.05, 3.63) is 29.3 Å². The topological polar surface area (TPSA) is 58.0 Å². The second-order valence-corrected chi connectivity index (χ2v) is 4.72. The molecule has 0 aliphatic rings. The van der Waals surface area contributed by atoms with Gasteiger partial charge in [-0.05, 0) is 18.7 Å². The Kier molecular flexibility index (Phi) is 4.06. The summed E-state index contributed by atoms with van der Waals surface area (Å²) < 4.78 is 0. The molecule has 5 heteroatoms. The van der Waals surface area contributed by atoms with E-state index in [9.17, 15) is 5.11 Å². The van der Waals surface area contributed by atoms with Crippen LogP contribution in [0.5, 0.6) is 5.75 Å². The number of nitrogens with zero attached hydrogens (tertiary/aromatic N) is 2. The van der Waals surface area contributed by atoms with Gasteiger partial charge in [0, 0.05) is 18.5 Å². The predicted molar refractivity (Wildman–Crippen MR) is 69.3 cm³/mol. The number of aromatic nitrogens is 2. The lowest BCUT2D eigenvalue weighted by molar-refractivity contribution is 0.475. The van der Waals surface area contributed by atoms with Crippen LogP contribution in [-0.4, -0.2) is 28.4 Å². The molecule has 2 N–H and O–H groups in total. The SMILES string of the molecule is CCNCCc1nnc(-c2cccc(O)c2)s1. The summed E-state index contributed by atoms with van der Waals surface area (Å²) in [4.78, 5) is 0. The first-order chi connectivity index (χ1) is 8.29. The highest BCUT2D eigenvalue weighted by molar-refractivity contribution is 7.14. The molecule has 0 unspecified atom stereocenters. The van der Waals surface area contributed by atoms with Crippen LogP contribution in [0.15, 0.2) is 24.3 Å². The Bertz CT molecular complexity index is 484. The van der Waals surface area contributed by atoms with Gasteiger partial charge < -0.3 is 10.4 Å². The second kappa shape index (κ2) is 5.75. The first-order valence-electron chi connectivity index (χ1n) is 5.62. The van der Waals surface area contributed by atoms with E-state index in [2.05, 4.69) is 22.4 Å². The summed E-state index contributed by atoms with van der Waals surface area (Å²) in [5.74, 6) is 0.256. The van der Waals surface area contributed by atoms with Crippen molar-refractivity contribution in [3.63, 3.8) is 0 Å². The van der Waals surface area contributed by atoms with E-state index >= 15 is 0 Å². The molecule has 17 heavy (non-hydrogen) atoms. The molecule has 2 rings (SSSR count). The Hall–Kier alpha value is -1.46. The van der Waals surface area contributed by atoms with E-state index in [1.165, 1.54) is 0 Å². The highest BCUT2D eigenvalue weighted by Crippen LogP contribution is 2.26. The highest BCUT2D eigenvalue weighted by atomic mass is 32.1. The highest BCUT2D eigenvalue weighted by Gasteiger charge is 2.06. The molecule has 1 aromatic heterocycles. The third-order valence-corrected chi connectivity index (χ3v) is 3.36. The molecule has 90 valence electrons. The number of hydrogen-bond acceptors (Lipinski definition) is 5. The van der Waals surface area contributed by atoms with E-state index in [4.69, 9.17) is 0 Å². The molecular weight excluding hydrogens is 234 g/mol. The number of benzene rings is 1. The van der Waals surface area contributed by atoms with Gasteiger partial charge >= 0.3 is 0 Å². The van der Waals surface area contributed by atoms with Crippen LogP contribution in [0.2, 0.25) is 0 Å². The Labute approximate surface area is 104 Å². The normalized spacial score (nSPS) is 10.6. The molecule has 1 aromatic carbocycles.